The van der Waals surface area contributed by atoms with Gasteiger partial charge in [0.25, 0.3) is 0 Å². The second-order valence-electron chi connectivity index (χ2n) is 6.88. The normalized spacial score (nSPS) is 20.3. The Morgan fingerprint density at radius 1 is 1.38 bits per heavy atom. The largest absolute Gasteiger partial charge is 0.368 e. The van der Waals surface area contributed by atoms with Gasteiger partial charge >= 0.3 is 0 Å². The fourth-order valence-electron chi connectivity index (χ4n) is 2.61. The third-order valence-electron chi connectivity index (χ3n) is 3.63. The topological polar surface area (TPSA) is 38.3 Å². The van der Waals surface area contributed by atoms with Crippen LogP contribution in [0.25, 0.3) is 0 Å². The van der Waals surface area contributed by atoms with Crippen LogP contribution in [0, 0.1) is 11.2 Å². The summed E-state index contributed by atoms with van der Waals surface area (Å²) in [6.45, 7) is 7.03. The molecule has 2 rings (SSSR count). The van der Waals surface area contributed by atoms with E-state index in [9.17, 15) is 9.18 Å². The molecule has 0 aromatic heterocycles. The van der Waals surface area contributed by atoms with Crippen molar-refractivity contribution >= 4 is 5.91 Å². The minimum atomic E-state index is -0.340. The lowest BCUT2D eigenvalue weighted by atomic mass is 9.85. The molecule has 1 aromatic rings. The van der Waals surface area contributed by atoms with E-state index in [1.54, 1.807) is 12.1 Å². The Labute approximate surface area is 125 Å². The van der Waals surface area contributed by atoms with E-state index in [1.807, 2.05) is 0 Å². The number of ether oxygens (including phenoxy) is 1. The van der Waals surface area contributed by atoms with Crippen LogP contribution in [0.5, 0.6) is 0 Å². The fourth-order valence-corrected chi connectivity index (χ4v) is 2.61. The van der Waals surface area contributed by atoms with E-state index >= 15 is 0 Å². The van der Waals surface area contributed by atoms with Crippen LogP contribution < -0.4 is 5.32 Å². The highest BCUT2D eigenvalue weighted by Gasteiger charge is 2.28. The van der Waals surface area contributed by atoms with Crippen LogP contribution in [0.15, 0.2) is 24.3 Å². The second kappa shape index (κ2) is 6.56. The quantitative estimate of drug-likeness (QED) is 0.921. The molecule has 116 valence electrons. The van der Waals surface area contributed by atoms with Crippen LogP contribution in [0.3, 0.4) is 0 Å². The molecular formula is C17H24FNO2. The lowest BCUT2D eigenvalue weighted by molar-refractivity contribution is -0.131. The van der Waals surface area contributed by atoms with Gasteiger partial charge in [0.1, 0.15) is 11.9 Å². The zero-order valence-corrected chi connectivity index (χ0v) is 13.0. The number of carbonyl (C=O) groups excluding carboxylic acids is 1. The summed E-state index contributed by atoms with van der Waals surface area (Å²) in [5, 5.41) is 3.06. The van der Waals surface area contributed by atoms with Gasteiger partial charge in [-0.05, 0) is 42.4 Å². The molecule has 0 bridgehead atoms. The second-order valence-corrected chi connectivity index (χ2v) is 6.88. The molecule has 0 aliphatic carbocycles. The highest BCUT2D eigenvalue weighted by atomic mass is 19.1. The number of nitrogens with one attached hydrogen (secondary N) is 1. The summed E-state index contributed by atoms with van der Waals surface area (Å²) >= 11 is 0. The highest BCUT2D eigenvalue weighted by Crippen LogP contribution is 2.30. The Morgan fingerprint density at radius 2 is 2.05 bits per heavy atom. The van der Waals surface area contributed by atoms with Crippen LogP contribution in [0.1, 0.15) is 51.6 Å². The Hall–Kier alpha value is -1.42. The molecule has 0 radical (unpaired) electrons. The minimum absolute atomic E-state index is 0.0584. The van der Waals surface area contributed by atoms with Gasteiger partial charge in [-0.3, -0.25) is 4.79 Å². The highest BCUT2D eigenvalue weighted by molar-refractivity contribution is 5.81. The van der Waals surface area contributed by atoms with Gasteiger partial charge < -0.3 is 10.1 Å². The molecule has 1 N–H and O–H groups in total. The Kier molecular flexibility index (Phi) is 4.99. The summed E-state index contributed by atoms with van der Waals surface area (Å²) < 4.78 is 18.5. The lowest BCUT2D eigenvalue weighted by Gasteiger charge is -2.28. The van der Waals surface area contributed by atoms with Crippen molar-refractivity contribution in [2.45, 2.75) is 52.2 Å². The zero-order valence-electron chi connectivity index (χ0n) is 13.0. The average molecular weight is 293 g/mol. The van der Waals surface area contributed by atoms with Crippen molar-refractivity contribution in [3.8, 4) is 0 Å². The van der Waals surface area contributed by atoms with Crippen molar-refractivity contribution in [3.63, 3.8) is 0 Å². The van der Waals surface area contributed by atoms with E-state index in [4.69, 9.17) is 4.74 Å². The summed E-state index contributed by atoms with van der Waals surface area (Å²) in [5.41, 5.74) is 0.987. The maximum atomic E-state index is 13.1. The molecule has 1 aliphatic rings. The van der Waals surface area contributed by atoms with Crippen molar-refractivity contribution in [1.29, 1.82) is 0 Å². The summed E-state index contributed by atoms with van der Waals surface area (Å²) in [6, 6.07) is 6.22. The van der Waals surface area contributed by atoms with Crippen LogP contribution in [-0.2, 0) is 9.53 Å². The molecule has 1 saturated heterocycles. The third kappa shape index (κ3) is 4.81. The van der Waals surface area contributed by atoms with Gasteiger partial charge in [-0.15, -0.1) is 0 Å². The Morgan fingerprint density at radius 3 is 2.57 bits per heavy atom. The molecule has 21 heavy (non-hydrogen) atoms. The average Bonchev–Trinajstić information content (AvgIpc) is 2.91. The van der Waals surface area contributed by atoms with Gasteiger partial charge in [0.2, 0.25) is 5.91 Å². The van der Waals surface area contributed by atoms with Crippen LogP contribution >= 0.6 is 0 Å². The first kappa shape index (κ1) is 16.0. The van der Waals surface area contributed by atoms with Gasteiger partial charge in [0.15, 0.2) is 0 Å². The molecule has 1 heterocycles. The number of hydrogen-bond acceptors (Lipinski definition) is 2. The number of halogens is 1. The number of benzene rings is 1. The maximum absolute atomic E-state index is 13.1. The van der Waals surface area contributed by atoms with Crippen molar-refractivity contribution in [2.75, 3.05) is 6.61 Å². The number of hydrogen-bond donors (Lipinski definition) is 1. The van der Waals surface area contributed by atoms with Crippen molar-refractivity contribution in [1.82, 2.24) is 5.32 Å². The lowest BCUT2D eigenvalue weighted by Crippen LogP contribution is -2.38. The molecule has 1 aliphatic heterocycles. The summed E-state index contributed by atoms with van der Waals surface area (Å²) in [4.78, 5) is 12.3. The first-order chi connectivity index (χ1) is 9.85. The van der Waals surface area contributed by atoms with Crippen LogP contribution in [0.4, 0.5) is 4.39 Å². The molecule has 2 unspecified atom stereocenters. The zero-order chi connectivity index (χ0) is 15.5. The standard InChI is InChI=1S/C17H24FNO2/c1-17(2,3)11-14(12-6-8-13(18)9-7-12)19-16(20)15-5-4-10-21-15/h6-9,14-15H,4-5,10-11H2,1-3H3,(H,19,20). The van der Waals surface area contributed by atoms with Crippen molar-refractivity contribution in [2.24, 2.45) is 5.41 Å². The molecule has 0 saturated carbocycles. The van der Waals surface area contributed by atoms with Gasteiger partial charge in [0.05, 0.1) is 6.04 Å². The number of carbonyl (C=O) groups is 1. The predicted octanol–water partition coefficient (Wildman–Crippen LogP) is 3.60. The molecule has 2 atom stereocenters. The van der Waals surface area contributed by atoms with Gasteiger partial charge in [-0.2, -0.15) is 0 Å². The monoisotopic (exact) mass is 293 g/mol. The van der Waals surface area contributed by atoms with E-state index in [0.717, 1.165) is 24.8 Å². The molecule has 0 spiro atoms. The Bertz CT molecular complexity index is 473. The van der Waals surface area contributed by atoms with Crippen molar-refractivity contribution < 1.29 is 13.9 Å². The SMILES string of the molecule is CC(C)(C)CC(NC(=O)C1CCCO1)c1ccc(F)cc1. The molecule has 4 heteroatoms. The van der Waals surface area contributed by atoms with E-state index in [1.165, 1.54) is 12.1 Å². The fraction of sp³-hybridized carbons (Fsp3) is 0.588. The van der Waals surface area contributed by atoms with E-state index in [0.29, 0.717) is 6.61 Å². The summed E-state index contributed by atoms with van der Waals surface area (Å²) in [5.74, 6) is -0.329. The first-order valence-corrected chi connectivity index (χ1v) is 7.52. The number of rotatable bonds is 4. The van der Waals surface area contributed by atoms with E-state index in [-0.39, 0.29) is 29.3 Å². The van der Waals surface area contributed by atoms with Crippen LogP contribution in [-0.4, -0.2) is 18.6 Å². The number of amides is 1. The summed E-state index contributed by atoms with van der Waals surface area (Å²) in [7, 11) is 0. The summed E-state index contributed by atoms with van der Waals surface area (Å²) in [6.07, 6.45) is 2.15. The molecule has 1 aromatic carbocycles. The maximum Gasteiger partial charge on any atom is 0.249 e. The molecular weight excluding hydrogens is 269 g/mol. The van der Waals surface area contributed by atoms with Crippen LogP contribution in [0.2, 0.25) is 0 Å². The molecule has 1 fully saturated rings. The first-order valence-electron chi connectivity index (χ1n) is 7.52. The third-order valence-corrected chi connectivity index (χ3v) is 3.63. The van der Waals surface area contributed by atoms with E-state index in [2.05, 4.69) is 26.1 Å². The Balaban J connectivity index is 2.11. The minimum Gasteiger partial charge on any atom is -0.368 e. The predicted molar refractivity (Wildman–Crippen MR) is 80.3 cm³/mol. The van der Waals surface area contributed by atoms with Gasteiger partial charge in [-0.1, -0.05) is 32.9 Å². The smallest absolute Gasteiger partial charge is 0.249 e. The molecule has 3 nitrogen and oxygen atoms in total. The van der Waals surface area contributed by atoms with Crippen molar-refractivity contribution in [3.05, 3.63) is 35.6 Å². The van der Waals surface area contributed by atoms with Gasteiger partial charge in [-0.25, -0.2) is 4.39 Å². The van der Waals surface area contributed by atoms with E-state index < -0.39 is 0 Å². The van der Waals surface area contributed by atoms with Gasteiger partial charge in [0, 0.05) is 6.61 Å². The molecule has 1 amide bonds.